The molecule has 0 aliphatic heterocycles. The van der Waals surface area contributed by atoms with E-state index in [9.17, 15) is 0 Å². The molecule has 5 heteroatoms. The van der Waals surface area contributed by atoms with Crippen molar-refractivity contribution in [2.24, 2.45) is 0 Å². The van der Waals surface area contributed by atoms with Crippen molar-refractivity contribution < 1.29 is 0 Å². The first kappa shape index (κ1) is 10.9. The first-order valence-electron chi connectivity index (χ1n) is 5.53. The van der Waals surface area contributed by atoms with Crippen molar-refractivity contribution in [2.75, 3.05) is 18.4 Å². The Morgan fingerprint density at radius 1 is 1.31 bits per heavy atom. The standard InChI is InChI=1S/C11H17N5/c1-9(2)12-5-6-13-11-10-3-4-15-16(10)8-7-14-11/h3-4,7-9,12H,5-6H2,1-2H3,(H,13,14). The second kappa shape index (κ2) is 4.94. The molecule has 0 saturated carbocycles. The number of aromatic nitrogens is 3. The lowest BCUT2D eigenvalue weighted by Crippen LogP contribution is -2.28. The van der Waals surface area contributed by atoms with E-state index < -0.39 is 0 Å². The van der Waals surface area contributed by atoms with Gasteiger partial charge in [0.25, 0.3) is 0 Å². The Labute approximate surface area is 94.9 Å². The highest BCUT2D eigenvalue weighted by Gasteiger charge is 2.01. The summed E-state index contributed by atoms with van der Waals surface area (Å²) < 4.78 is 1.81. The molecule has 0 spiro atoms. The molecule has 2 aromatic heterocycles. The van der Waals surface area contributed by atoms with Crippen LogP contribution in [0.2, 0.25) is 0 Å². The molecule has 0 saturated heterocycles. The fraction of sp³-hybridized carbons (Fsp3) is 0.455. The summed E-state index contributed by atoms with van der Waals surface area (Å²) in [5.74, 6) is 0.880. The largest absolute Gasteiger partial charge is 0.367 e. The minimum absolute atomic E-state index is 0.514. The van der Waals surface area contributed by atoms with E-state index in [2.05, 4.69) is 34.6 Å². The van der Waals surface area contributed by atoms with Crippen molar-refractivity contribution in [3.63, 3.8) is 0 Å². The summed E-state index contributed by atoms with van der Waals surface area (Å²) in [5, 5.41) is 10.8. The van der Waals surface area contributed by atoms with Gasteiger partial charge in [-0.1, -0.05) is 13.8 Å². The fourth-order valence-corrected chi connectivity index (χ4v) is 1.54. The van der Waals surface area contributed by atoms with E-state index in [1.807, 2.05) is 16.8 Å². The van der Waals surface area contributed by atoms with Crippen molar-refractivity contribution >= 4 is 11.3 Å². The van der Waals surface area contributed by atoms with E-state index in [0.29, 0.717) is 6.04 Å². The van der Waals surface area contributed by atoms with Gasteiger partial charge in [0.05, 0.1) is 6.20 Å². The molecule has 5 nitrogen and oxygen atoms in total. The van der Waals surface area contributed by atoms with Crippen LogP contribution in [-0.2, 0) is 0 Å². The first-order valence-corrected chi connectivity index (χ1v) is 5.53. The third kappa shape index (κ3) is 2.49. The molecular weight excluding hydrogens is 202 g/mol. The van der Waals surface area contributed by atoms with Gasteiger partial charge in [0.1, 0.15) is 5.52 Å². The zero-order valence-corrected chi connectivity index (χ0v) is 9.64. The molecule has 0 unspecified atom stereocenters. The van der Waals surface area contributed by atoms with Crippen LogP contribution in [0.4, 0.5) is 5.82 Å². The summed E-state index contributed by atoms with van der Waals surface area (Å²) >= 11 is 0. The fourth-order valence-electron chi connectivity index (χ4n) is 1.54. The monoisotopic (exact) mass is 219 g/mol. The van der Waals surface area contributed by atoms with E-state index in [-0.39, 0.29) is 0 Å². The molecule has 0 radical (unpaired) electrons. The van der Waals surface area contributed by atoms with Crippen LogP contribution >= 0.6 is 0 Å². The molecule has 2 rings (SSSR count). The number of nitrogens with zero attached hydrogens (tertiary/aromatic N) is 3. The molecule has 16 heavy (non-hydrogen) atoms. The van der Waals surface area contributed by atoms with Crippen molar-refractivity contribution in [1.29, 1.82) is 0 Å². The molecule has 0 aromatic carbocycles. The predicted molar refractivity (Wildman–Crippen MR) is 64.6 cm³/mol. The van der Waals surface area contributed by atoms with E-state index in [1.54, 1.807) is 12.4 Å². The van der Waals surface area contributed by atoms with E-state index >= 15 is 0 Å². The number of fused-ring (bicyclic) bond motifs is 1. The van der Waals surface area contributed by atoms with Crippen LogP contribution in [0.3, 0.4) is 0 Å². The van der Waals surface area contributed by atoms with Crippen molar-refractivity contribution in [3.8, 4) is 0 Å². The summed E-state index contributed by atoms with van der Waals surface area (Å²) in [7, 11) is 0. The van der Waals surface area contributed by atoms with E-state index in [1.165, 1.54) is 0 Å². The summed E-state index contributed by atoms with van der Waals surface area (Å²) in [5.41, 5.74) is 1.01. The molecule has 2 N–H and O–H groups in total. The number of hydrogen-bond acceptors (Lipinski definition) is 4. The smallest absolute Gasteiger partial charge is 0.152 e. The van der Waals surface area contributed by atoms with Crippen LogP contribution in [0.25, 0.3) is 5.52 Å². The van der Waals surface area contributed by atoms with Gasteiger partial charge in [0.15, 0.2) is 5.82 Å². The topological polar surface area (TPSA) is 54.2 Å². The Bertz CT molecular complexity index is 448. The Morgan fingerprint density at radius 3 is 3.00 bits per heavy atom. The Kier molecular flexibility index (Phi) is 3.36. The van der Waals surface area contributed by atoms with E-state index in [4.69, 9.17) is 0 Å². The zero-order valence-electron chi connectivity index (χ0n) is 9.64. The maximum atomic E-state index is 4.30. The molecule has 0 aliphatic carbocycles. The van der Waals surface area contributed by atoms with Crippen LogP contribution in [0.5, 0.6) is 0 Å². The average molecular weight is 219 g/mol. The van der Waals surface area contributed by atoms with Gasteiger partial charge in [-0.05, 0) is 6.07 Å². The highest BCUT2D eigenvalue weighted by Crippen LogP contribution is 2.11. The molecule has 0 atom stereocenters. The molecule has 0 amide bonds. The highest BCUT2D eigenvalue weighted by atomic mass is 15.2. The molecule has 0 fully saturated rings. The van der Waals surface area contributed by atoms with Gasteiger partial charge in [-0.2, -0.15) is 5.10 Å². The second-order valence-corrected chi connectivity index (χ2v) is 3.97. The maximum Gasteiger partial charge on any atom is 0.152 e. The third-order valence-corrected chi connectivity index (χ3v) is 2.29. The van der Waals surface area contributed by atoms with Crippen molar-refractivity contribution in [1.82, 2.24) is 19.9 Å². The highest BCUT2D eigenvalue weighted by molar-refractivity contribution is 5.66. The van der Waals surface area contributed by atoms with Crippen LogP contribution in [-0.4, -0.2) is 33.7 Å². The molecule has 2 aromatic rings. The Hall–Kier alpha value is -1.62. The minimum Gasteiger partial charge on any atom is -0.367 e. The molecule has 0 aliphatic rings. The number of rotatable bonds is 5. The summed E-state index contributed by atoms with van der Waals surface area (Å²) in [4.78, 5) is 4.30. The zero-order chi connectivity index (χ0) is 11.4. The van der Waals surface area contributed by atoms with Gasteiger partial charge in [0, 0.05) is 31.5 Å². The first-order chi connectivity index (χ1) is 7.77. The number of hydrogen-bond donors (Lipinski definition) is 2. The van der Waals surface area contributed by atoms with Crippen LogP contribution in [0.15, 0.2) is 24.7 Å². The van der Waals surface area contributed by atoms with Gasteiger partial charge < -0.3 is 10.6 Å². The summed E-state index contributed by atoms with van der Waals surface area (Å²) in [6.45, 7) is 6.05. The van der Waals surface area contributed by atoms with E-state index in [0.717, 1.165) is 24.4 Å². The quantitative estimate of drug-likeness (QED) is 0.740. The lowest BCUT2D eigenvalue weighted by Gasteiger charge is -2.09. The van der Waals surface area contributed by atoms with Gasteiger partial charge in [-0.15, -0.1) is 0 Å². The Balaban J connectivity index is 1.96. The second-order valence-electron chi connectivity index (χ2n) is 3.97. The van der Waals surface area contributed by atoms with Gasteiger partial charge in [-0.3, -0.25) is 0 Å². The lowest BCUT2D eigenvalue weighted by molar-refractivity contribution is 0.602. The van der Waals surface area contributed by atoms with Crippen molar-refractivity contribution in [2.45, 2.75) is 19.9 Å². The number of anilines is 1. The van der Waals surface area contributed by atoms with Gasteiger partial charge in [-0.25, -0.2) is 9.50 Å². The van der Waals surface area contributed by atoms with Crippen molar-refractivity contribution in [3.05, 3.63) is 24.7 Å². The average Bonchev–Trinajstić information content (AvgIpc) is 2.72. The lowest BCUT2D eigenvalue weighted by atomic mass is 10.4. The summed E-state index contributed by atoms with van der Waals surface area (Å²) in [6, 6.07) is 2.46. The molecular formula is C11H17N5. The van der Waals surface area contributed by atoms with Crippen LogP contribution in [0, 0.1) is 0 Å². The molecule has 0 bridgehead atoms. The molecule has 86 valence electrons. The maximum absolute atomic E-state index is 4.30. The Morgan fingerprint density at radius 2 is 2.19 bits per heavy atom. The molecule has 2 heterocycles. The SMILES string of the molecule is CC(C)NCCNc1nccn2nccc12. The van der Waals surface area contributed by atoms with Crippen LogP contribution in [0.1, 0.15) is 13.8 Å². The minimum atomic E-state index is 0.514. The normalized spacial score (nSPS) is 11.2. The predicted octanol–water partition coefficient (Wildman–Crippen LogP) is 1.14. The van der Waals surface area contributed by atoms with Crippen LogP contribution < -0.4 is 10.6 Å². The third-order valence-electron chi connectivity index (χ3n) is 2.29. The van der Waals surface area contributed by atoms with Gasteiger partial charge in [0.2, 0.25) is 0 Å². The number of nitrogens with one attached hydrogen (secondary N) is 2. The summed E-state index contributed by atoms with van der Waals surface area (Å²) in [6.07, 6.45) is 5.36. The van der Waals surface area contributed by atoms with Gasteiger partial charge >= 0.3 is 0 Å².